The molecule has 0 aliphatic heterocycles. The third-order valence-electron chi connectivity index (χ3n) is 3.12. The van der Waals surface area contributed by atoms with Gasteiger partial charge in [0, 0.05) is 0 Å². The molecular formula is C17H29NO. The van der Waals surface area contributed by atoms with Gasteiger partial charge < -0.3 is 4.84 Å². The Bertz CT molecular complexity index is 328. The first-order valence-corrected chi connectivity index (χ1v) is 7.15. The van der Waals surface area contributed by atoms with Crippen LogP contribution in [0.5, 0.6) is 0 Å². The third kappa shape index (κ3) is 10.3. The van der Waals surface area contributed by atoms with Crippen LogP contribution in [0.3, 0.4) is 0 Å². The second-order valence-corrected chi connectivity index (χ2v) is 5.24. The van der Waals surface area contributed by atoms with Gasteiger partial charge in [-0.25, -0.2) is 0 Å². The highest BCUT2D eigenvalue weighted by molar-refractivity contribution is 5.92. The second kappa shape index (κ2) is 10.6. The third-order valence-corrected chi connectivity index (χ3v) is 3.12. The molecule has 0 heterocycles. The van der Waals surface area contributed by atoms with Crippen molar-refractivity contribution in [2.45, 2.75) is 53.4 Å². The smallest absolute Gasteiger partial charge is 0.124 e. The Balaban J connectivity index is 4.08. The maximum absolute atomic E-state index is 5.01. The zero-order chi connectivity index (χ0) is 14.7. The molecule has 0 bridgehead atoms. The minimum atomic E-state index is 0.564. The van der Waals surface area contributed by atoms with Crippen molar-refractivity contribution in [3.8, 4) is 0 Å². The van der Waals surface area contributed by atoms with Crippen molar-refractivity contribution < 1.29 is 4.84 Å². The first kappa shape index (κ1) is 17.7. The van der Waals surface area contributed by atoms with Crippen LogP contribution >= 0.6 is 0 Å². The molecule has 2 atom stereocenters. The minimum Gasteiger partial charge on any atom is -0.362 e. The van der Waals surface area contributed by atoms with E-state index in [2.05, 4.69) is 38.2 Å². The lowest BCUT2D eigenvalue weighted by Gasteiger charge is -2.14. The first-order chi connectivity index (χ1) is 8.99. The molecule has 19 heavy (non-hydrogen) atoms. The van der Waals surface area contributed by atoms with Crippen LogP contribution in [-0.2, 0) is 4.84 Å². The van der Waals surface area contributed by atoms with Crippen molar-refractivity contribution >= 4 is 5.71 Å². The maximum Gasteiger partial charge on any atom is 0.124 e. The van der Waals surface area contributed by atoms with Crippen LogP contribution in [0.15, 0.2) is 42.3 Å². The van der Waals surface area contributed by atoms with E-state index in [9.17, 15) is 0 Å². The molecule has 0 rings (SSSR count). The summed E-state index contributed by atoms with van der Waals surface area (Å²) in [6.07, 6.45) is 11.1. The zero-order valence-electron chi connectivity index (χ0n) is 13.0. The van der Waals surface area contributed by atoms with Crippen LogP contribution in [0.25, 0.3) is 0 Å². The number of nitrogens with zero attached hydrogens (tertiary/aromatic N) is 1. The molecule has 0 aliphatic rings. The van der Waals surface area contributed by atoms with Gasteiger partial charge in [-0.05, 0) is 51.0 Å². The van der Waals surface area contributed by atoms with Crippen LogP contribution in [0.1, 0.15) is 53.4 Å². The predicted octanol–water partition coefficient (Wildman–Crippen LogP) is 5.49. The first-order valence-electron chi connectivity index (χ1n) is 7.15. The van der Waals surface area contributed by atoms with Crippen molar-refractivity contribution in [2.24, 2.45) is 17.0 Å². The van der Waals surface area contributed by atoms with Gasteiger partial charge in [-0.15, -0.1) is 6.58 Å². The summed E-state index contributed by atoms with van der Waals surface area (Å²) in [5, 5.41) is 3.95. The average Bonchev–Trinajstić information content (AvgIpc) is 2.38. The summed E-state index contributed by atoms with van der Waals surface area (Å²) in [6.45, 7) is 15.7. The van der Waals surface area contributed by atoms with Gasteiger partial charge in [0.25, 0.3) is 0 Å². The highest BCUT2D eigenvalue weighted by Crippen LogP contribution is 2.19. The van der Waals surface area contributed by atoms with Gasteiger partial charge in [-0.1, -0.05) is 44.2 Å². The standard InChI is InChI=1S/C17H29NO/c1-7-9-17(8-2)13-11-15(5)10-12-16(6)18-19-14(3)4/h7,10,12,15,17H,1,3,8-9,11,13H2,2,4-6H3/b12-10+,18-16+. The lowest BCUT2D eigenvalue weighted by molar-refractivity contribution is 0.231. The number of hydrogen-bond acceptors (Lipinski definition) is 2. The van der Waals surface area contributed by atoms with E-state index >= 15 is 0 Å². The molecular weight excluding hydrogens is 234 g/mol. The average molecular weight is 263 g/mol. The molecule has 0 aromatic heterocycles. The second-order valence-electron chi connectivity index (χ2n) is 5.24. The van der Waals surface area contributed by atoms with Gasteiger partial charge in [0.2, 0.25) is 0 Å². The van der Waals surface area contributed by atoms with Gasteiger partial charge in [0.1, 0.15) is 5.76 Å². The van der Waals surface area contributed by atoms with Crippen molar-refractivity contribution in [1.29, 1.82) is 0 Å². The Morgan fingerprint density at radius 3 is 2.53 bits per heavy atom. The van der Waals surface area contributed by atoms with Crippen molar-refractivity contribution in [3.05, 3.63) is 37.1 Å². The molecule has 0 aromatic rings. The van der Waals surface area contributed by atoms with Crippen molar-refractivity contribution in [1.82, 2.24) is 0 Å². The fourth-order valence-electron chi connectivity index (χ4n) is 1.80. The maximum atomic E-state index is 5.01. The van der Waals surface area contributed by atoms with E-state index in [1.165, 1.54) is 19.3 Å². The quantitative estimate of drug-likeness (QED) is 0.221. The fraction of sp³-hybridized carbons (Fsp3) is 0.588. The van der Waals surface area contributed by atoms with Crippen LogP contribution in [-0.4, -0.2) is 5.71 Å². The van der Waals surface area contributed by atoms with Gasteiger partial charge in [-0.2, -0.15) is 0 Å². The molecule has 0 radical (unpaired) electrons. The van der Waals surface area contributed by atoms with E-state index in [4.69, 9.17) is 4.84 Å². The molecule has 0 N–H and O–H groups in total. The lowest BCUT2D eigenvalue weighted by atomic mass is 9.92. The van der Waals surface area contributed by atoms with Crippen LogP contribution < -0.4 is 0 Å². The molecule has 0 aromatic carbocycles. The summed E-state index contributed by atoms with van der Waals surface area (Å²) in [7, 11) is 0. The van der Waals surface area contributed by atoms with E-state index in [1.54, 1.807) is 6.92 Å². The normalized spacial score (nSPS) is 15.3. The Kier molecular flexibility index (Phi) is 9.87. The lowest BCUT2D eigenvalue weighted by Crippen LogP contribution is -2.01. The van der Waals surface area contributed by atoms with E-state index in [0.29, 0.717) is 11.7 Å². The molecule has 0 saturated heterocycles. The van der Waals surface area contributed by atoms with Crippen LogP contribution in [0.2, 0.25) is 0 Å². The largest absolute Gasteiger partial charge is 0.362 e. The SMILES string of the molecule is C=CCC(CC)CCC(C)/C=C/C(C)=N/OC(=C)C. The number of hydrogen-bond donors (Lipinski definition) is 0. The molecule has 0 spiro atoms. The fourth-order valence-corrected chi connectivity index (χ4v) is 1.80. The van der Waals surface area contributed by atoms with Gasteiger partial charge in [0.05, 0.1) is 5.71 Å². The van der Waals surface area contributed by atoms with Gasteiger partial charge in [0.15, 0.2) is 0 Å². The van der Waals surface area contributed by atoms with E-state index in [0.717, 1.165) is 18.1 Å². The van der Waals surface area contributed by atoms with Gasteiger partial charge >= 0.3 is 0 Å². The topological polar surface area (TPSA) is 21.6 Å². The highest BCUT2D eigenvalue weighted by atomic mass is 16.6. The Labute approximate surface area is 118 Å². The monoisotopic (exact) mass is 263 g/mol. The number of rotatable bonds is 10. The van der Waals surface area contributed by atoms with Gasteiger partial charge in [-0.3, -0.25) is 0 Å². The minimum absolute atomic E-state index is 0.564. The zero-order valence-corrected chi connectivity index (χ0v) is 13.0. The molecule has 0 aliphatic carbocycles. The molecule has 0 fully saturated rings. The molecule has 108 valence electrons. The molecule has 0 saturated carbocycles. The summed E-state index contributed by atoms with van der Waals surface area (Å²) in [6, 6.07) is 0. The molecule has 0 amide bonds. The summed E-state index contributed by atoms with van der Waals surface area (Å²) >= 11 is 0. The van der Waals surface area contributed by atoms with E-state index in [1.807, 2.05) is 19.1 Å². The Hall–Kier alpha value is -1.31. The molecule has 2 unspecified atom stereocenters. The summed E-state index contributed by atoms with van der Waals surface area (Å²) in [5.74, 6) is 1.94. The molecule has 2 heteroatoms. The summed E-state index contributed by atoms with van der Waals surface area (Å²) < 4.78 is 0. The van der Waals surface area contributed by atoms with Crippen molar-refractivity contribution in [2.75, 3.05) is 0 Å². The van der Waals surface area contributed by atoms with Crippen LogP contribution in [0.4, 0.5) is 0 Å². The summed E-state index contributed by atoms with van der Waals surface area (Å²) in [5.41, 5.74) is 0.869. The number of allylic oxidation sites excluding steroid dienone is 4. The van der Waals surface area contributed by atoms with Crippen LogP contribution in [0, 0.1) is 11.8 Å². The van der Waals surface area contributed by atoms with Crippen molar-refractivity contribution in [3.63, 3.8) is 0 Å². The summed E-state index contributed by atoms with van der Waals surface area (Å²) in [4.78, 5) is 5.01. The highest BCUT2D eigenvalue weighted by Gasteiger charge is 2.06. The molecule has 2 nitrogen and oxygen atoms in total. The Morgan fingerprint density at radius 1 is 1.32 bits per heavy atom. The Morgan fingerprint density at radius 2 is 2.00 bits per heavy atom. The van der Waals surface area contributed by atoms with E-state index < -0.39 is 0 Å². The predicted molar refractivity (Wildman–Crippen MR) is 85.1 cm³/mol. The number of oxime groups is 1. The van der Waals surface area contributed by atoms with E-state index in [-0.39, 0.29) is 0 Å².